The molecule has 0 aliphatic rings. The Hall–Kier alpha value is -1.13. The van der Waals surface area contributed by atoms with Gasteiger partial charge in [0.25, 0.3) is 0 Å². The molecule has 0 aromatic carbocycles. The summed E-state index contributed by atoms with van der Waals surface area (Å²) in [4.78, 5) is 2.76. The summed E-state index contributed by atoms with van der Waals surface area (Å²) in [5.74, 6) is 0.908. The van der Waals surface area contributed by atoms with Crippen LogP contribution in [0, 0.1) is 27.7 Å². The Labute approximate surface area is 112 Å². The van der Waals surface area contributed by atoms with Crippen LogP contribution in [0.2, 0.25) is 0 Å². The van der Waals surface area contributed by atoms with Crippen molar-refractivity contribution in [3.63, 3.8) is 0 Å². The van der Waals surface area contributed by atoms with Crippen molar-refractivity contribution >= 4 is 11.3 Å². The Balaban J connectivity index is 2.05. The Morgan fingerprint density at radius 2 is 2.06 bits per heavy atom. The van der Waals surface area contributed by atoms with Gasteiger partial charge in [0.1, 0.15) is 5.76 Å². The van der Waals surface area contributed by atoms with Gasteiger partial charge in [0, 0.05) is 27.9 Å². The van der Waals surface area contributed by atoms with Crippen LogP contribution in [-0.2, 0) is 6.54 Å². The maximum atomic E-state index is 5.17. The lowest BCUT2D eigenvalue weighted by molar-refractivity contribution is 0.391. The first-order valence-corrected chi connectivity index (χ1v) is 7.02. The maximum absolute atomic E-state index is 5.17. The molecule has 2 aromatic heterocycles. The Morgan fingerprint density at radius 1 is 1.33 bits per heavy atom. The van der Waals surface area contributed by atoms with Gasteiger partial charge in [-0.1, -0.05) is 5.16 Å². The SMILES string of the molecule is Cc1cc(C(C)NCc2c(C)noc2C)c(C)s1. The molecule has 98 valence electrons. The number of aromatic nitrogens is 1. The van der Waals surface area contributed by atoms with E-state index in [4.69, 9.17) is 4.52 Å². The molecule has 0 saturated carbocycles. The topological polar surface area (TPSA) is 38.1 Å². The fourth-order valence-corrected chi connectivity index (χ4v) is 3.22. The van der Waals surface area contributed by atoms with E-state index in [2.05, 4.69) is 37.3 Å². The highest BCUT2D eigenvalue weighted by atomic mass is 32.1. The van der Waals surface area contributed by atoms with Crippen LogP contribution >= 0.6 is 11.3 Å². The van der Waals surface area contributed by atoms with Gasteiger partial charge >= 0.3 is 0 Å². The van der Waals surface area contributed by atoms with E-state index in [1.54, 1.807) is 0 Å². The molecule has 2 rings (SSSR count). The van der Waals surface area contributed by atoms with Gasteiger partial charge in [0.15, 0.2) is 0 Å². The highest BCUT2D eigenvalue weighted by Crippen LogP contribution is 2.26. The molecule has 2 heterocycles. The van der Waals surface area contributed by atoms with Crippen molar-refractivity contribution in [3.05, 3.63) is 38.4 Å². The lowest BCUT2D eigenvalue weighted by atomic mass is 10.1. The molecule has 0 aliphatic heterocycles. The highest BCUT2D eigenvalue weighted by Gasteiger charge is 2.13. The number of hydrogen-bond donors (Lipinski definition) is 1. The van der Waals surface area contributed by atoms with Crippen LogP contribution in [0.15, 0.2) is 10.6 Å². The Morgan fingerprint density at radius 3 is 2.56 bits per heavy atom. The van der Waals surface area contributed by atoms with Crippen molar-refractivity contribution in [2.45, 2.75) is 47.2 Å². The standard InChI is InChI=1S/C14H20N2OS/c1-8-6-13(12(5)18-8)9(2)15-7-14-10(3)16-17-11(14)4/h6,9,15H,7H2,1-5H3. The summed E-state index contributed by atoms with van der Waals surface area (Å²) in [6, 6.07) is 2.62. The van der Waals surface area contributed by atoms with Gasteiger partial charge in [-0.2, -0.15) is 0 Å². The predicted molar refractivity (Wildman–Crippen MR) is 75.0 cm³/mol. The average Bonchev–Trinajstić information content (AvgIpc) is 2.80. The predicted octanol–water partition coefficient (Wildman–Crippen LogP) is 3.82. The first kappa shape index (κ1) is 13.3. The number of hydrogen-bond acceptors (Lipinski definition) is 4. The molecule has 1 atom stereocenters. The number of nitrogens with one attached hydrogen (secondary N) is 1. The van der Waals surface area contributed by atoms with Crippen molar-refractivity contribution < 1.29 is 4.52 Å². The molecule has 18 heavy (non-hydrogen) atoms. The van der Waals surface area contributed by atoms with Gasteiger partial charge in [0.2, 0.25) is 0 Å². The van der Waals surface area contributed by atoms with Gasteiger partial charge in [-0.05, 0) is 46.2 Å². The van der Waals surface area contributed by atoms with E-state index in [-0.39, 0.29) is 0 Å². The largest absolute Gasteiger partial charge is 0.361 e. The van der Waals surface area contributed by atoms with Crippen LogP contribution in [0.5, 0.6) is 0 Å². The minimum absolute atomic E-state index is 0.351. The van der Waals surface area contributed by atoms with E-state index in [1.807, 2.05) is 25.2 Å². The summed E-state index contributed by atoms with van der Waals surface area (Å²) in [5, 5.41) is 7.52. The molecular formula is C14H20N2OS. The molecule has 0 spiro atoms. The first-order valence-electron chi connectivity index (χ1n) is 6.21. The minimum atomic E-state index is 0.351. The quantitative estimate of drug-likeness (QED) is 0.912. The zero-order valence-corrected chi connectivity index (χ0v) is 12.4. The third-order valence-corrected chi connectivity index (χ3v) is 4.29. The van der Waals surface area contributed by atoms with Crippen LogP contribution in [0.3, 0.4) is 0 Å². The van der Waals surface area contributed by atoms with Gasteiger partial charge in [0.05, 0.1) is 5.69 Å². The molecule has 0 radical (unpaired) electrons. The van der Waals surface area contributed by atoms with Gasteiger partial charge < -0.3 is 9.84 Å². The van der Waals surface area contributed by atoms with Crippen LogP contribution in [0.25, 0.3) is 0 Å². The lowest BCUT2D eigenvalue weighted by Gasteiger charge is -2.13. The van der Waals surface area contributed by atoms with Crippen molar-refractivity contribution in [2.75, 3.05) is 0 Å². The second-order valence-electron chi connectivity index (χ2n) is 4.77. The Kier molecular flexibility index (Phi) is 3.88. The average molecular weight is 264 g/mol. The Bertz CT molecular complexity index is 522. The van der Waals surface area contributed by atoms with Crippen LogP contribution < -0.4 is 5.32 Å². The first-order chi connectivity index (χ1) is 8.49. The number of aryl methyl sites for hydroxylation is 4. The molecule has 0 bridgehead atoms. The van der Waals surface area contributed by atoms with Gasteiger partial charge in [-0.3, -0.25) is 0 Å². The van der Waals surface area contributed by atoms with E-state index in [9.17, 15) is 0 Å². The van der Waals surface area contributed by atoms with E-state index in [0.29, 0.717) is 6.04 Å². The monoisotopic (exact) mass is 264 g/mol. The molecule has 0 saturated heterocycles. The molecule has 1 N–H and O–H groups in total. The van der Waals surface area contributed by atoms with E-state index in [1.165, 1.54) is 20.9 Å². The van der Waals surface area contributed by atoms with Gasteiger partial charge in [-0.25, -0.2) is 0 Å². The molecule has 3 nitrogen and oxygen atoms in total. The van der Waals surface area contributed by atoms with Crippen LogP contribution in [0.1, 0.15) is 45.3 Å². The summed E-state index contributed by atoms with van der Waals surface area (Å²) in [6.45, 7) is 11.3. The minimum Gasteiger partial charge on any atom is -0.361 e. The fraction of sp³-hybridized carbons (Fsp3) is 0.500. The number of thiophene rings is 1. The number of rotatable bonds is 4. The molecule has 0 amide bonds. The third kappa shape index (κ3) is 2.65. The second-order valence-corrected chi connectivity index (χ2v) is 6.23. The molecule has 0 aliphatic carbocycles. The van der Waals surface area contributed by atoms with Crippen LogP contribution in [-0.4, -0.2) is 5.16 Å². The molecule has 0 fully saturated rings. The van der Waals surface area contributed by atoms with E-state index < -0.39 is 0 Å². The van der Waals surface area contributed by atoms with Crippen molar-refractivity contribution in [2.24, 2.45) is 0 Å². The summed E-state index contributed by atoms with van der Waals surface area (Å²) in [5.41, 5.74) is 3.54. The van der Waals surface area contributed by atoms with Crippen molar-refractivity contribution in [1.29, 1.82) is 0 Å². The maximum Gasteiger partial charge on any atom is 0.138 e. The van der Waals surface area contributed by atoms with Crippen molar-refractivity contribution in [3.8, 4) is 0 Å². The molecular weight excluding hydrogens is 244 g/mol. The van der Waals surface area contributed by atoms with Gasteiger partial charge in [-0.15, -0.1) is 11.3 Å². The fourth-order valence-electron chi connectivity index (χ4n) is 2.20. The number of nitrogens with zero attached hydrogens (tertiary/aromatic N) is 1. The van der Waals surface area contributed by atoms with E-state index >= 15 is 0 Å². The zero-order valence-electron chi connectivity index (χ0n) is 11.6. The second kappa shape index (κ2) is 5.24. The molecule has 1 unspecified atom stereocenters. The molecule has 2 aromatic rings. The lowest BCUT2D eigenvalue weighted by Crippen LogP contribution is -2.18. The van der Waals surface area contributed by atoms with E-state index in [0.717, 1.165) is 18.0 Å². The summed E-state index contributed by atoms with van der Waals surface area (Å²) in [7, 11) is 0. The zero-order chi connectivity index (χ0) is 13.3. The molecule has 4 heteroatoms. The van der Waals surface area contributed by atoms with Crippen LogP contribution in [0.4, 0.5) is 0 Å². The van der Waals surface area contributed by atoms with Crippen molar-refractivity contribution in [1.82, 2.24) is 10.5 Å². The third-order valence-electron chi connectivity index (χ3n) is 3.31. The smallest absolute Gasteiger partial charge is 0.138 e. The summed E-state index contributed by atoms with van der Waals surface area (Å²) < 4.78 is 5.17. The summed E-state index contributed by atoms with van der Waals surface area (Å²) >= 11 is 1.86. The summed E-state index contributed by atoms with van der Waals surface area (Å²) in [6.07, 6.45) is 0. The highest BCUT2D eigenvalue weighted by molar-refractivity contribution is 7.12. The normalized spacial score (nSPS) is 12.9.